The van der Waals surface area contributed by atoms with E-state index in [-0.39, 0.29) is 5.97 Å². The van der Waals surface area contributed by atoms with Gasteiger partial charge in [0.1, 0.15) is 0 Å². The maximum atomic E-state index is 11.4. The van der Waals surface area contributed by atoms with Gasteiger partial charge in [0, 0.05) is 13.1 Å². The Bertz CT molecular complexity index is 526. The molecule has 0 saturated carbocycles. The molecular weight excluding hydrogens is 270 g/mol. The molecule has 5 heteroatoms. The Morgan fingerprint density at radius 2 is 2.00 bits per heavy atom. The second kappa shape index (κ2) is 6.26. The molecule has 0 aromatic heterocycles. The lowest BCUT2D eigenvalue weighted by Gasteiger charge is -2.23. The van der Waals surface area contributed by atoms with Gasteiger partial charge in [-0.15, -0.1) is 0 Å². The number of carbonyl (C=O) groups is 2. The zero-order valence-corrected chi connectivity index (χ0v) is 12.5. The van der Waals surface area contributed by atoms with E-state index in [1.807, 2.05) is 19.1 Å². The molecule has 1 aromatic rings. The zero-order chi connectivity index (χ0) is 15.5. The quantitative estimate of drug-likeness (QED) is 0.842. The monoisotopic (exact) mass is 291 g/mol. The van der Waals surface area contributed by atoms with Gasteiger partial charge in [0.05, 0.1) is 18.1 Å². The summed E-state index contributed by atoms with van der Waals surface area (Å²) < 4.78 is 4.66. The second-order valence-electron chi connectivity index (χ2n) is 5.59. The van der Waals surface area contributed by atoms with E-state index in [0.29, 0.717) is 31.5 Å². The van der Waals surface area contributed by atoms with E-state index in [1.54, 1.807) is 12.1 Å². The van der Waals surface area contributed by atoms with E-state index in [2.05, 4.69) is 9.64 Å². The highest BCUT2D eigenvalue weighted by molar-refractivity contribution is 5.89. The molecule has 1 atom stereocenters. The fraction of sp³-hybridized carbons (Fsp3) is 0.500. The summed E-state index contributed by atoms with van der Waals surface area (Å²) in [5, 5.41) is 9.39. The molecule has 1 N–H and O–H groups in total. The molecule has 1 saturated heterocycles. The number of hydrogen-bond acceptors (Lipinski definition) is 4. The first kappa shape index (κ1) is 15.5. The Hall–Kier alpha value is -1.88. The molecule has 1 heterocycles. The predicted octanol–water partition coefficient (Wildman–Crippen LogP) is 2.16. The van der Waals surface area contributed by atoms with Crippen LogP contribution in [0.15, 0.2) is 24.3 Å². The van der Waals surface area contributed by atoms with Crippen LogP contribution in [0.1, 0.15) is 35.7 Å². The Balaban J connectivity index is 2.00. The van der Waals surface area contributed by atoms with Crippen molar-refractivity contribution in [2.75, 3.05) is 20.2 Å². The van der Waals surface area contributed by atoms with Gasteiger partial charge in [0.25, 0.3) is 0 Å². The molecular formula is C16H21NO4. The number of methoxy groups -OCH3 is 1. The van der Waals surface area contributed by atoms with Crippen LogP contribution >= 0.6 is 0 Å². The first-order valence-corrected chi connectivity index (χ1v) is 7.14. The minimum Gasteiger partial charge on any atom is -0.481 e. The van der Waals surface area contributed by atoms with Crippen LogP contribution in [0.4, 0.5) is 0 Å². The normalized spacial score (nSPS) is 22.2. The largest absolute Gasteiger partial charge is 0.481 e. The first-order chi connectivity index (χ1) is 10.0. The molecule has 1 aromatic carbocycles. The summed E-state index contributed by atoms with van der Waals surface area (Å²) in [6.45, 7) is 4.01. The van der Waals surface area contributed by atoms with Gasteiger partial charge >= 0.3 is 11.9 Å². The fourth-order valence-corrected chi connectivity index (χ4v) is 2.83. The van der Waals surface area contributed by atoms with Crippen molar-refractivity contribution >= 4 is 11.9 Å². The van der Waals surface area contributed by atoms with Crippen LogP contribution in [0.25, 0.3) is 0 Å². The van der Waals surface area contributed by atoms with Crippen molar-refractivity contribution in [2.24, 2.45) is 5.41 Å². The summed E-state index contributed by atoms with van der Waals surface area (Å²) >= 11 is 0. The van der Waals surface area contributed by atoms with Crippen molar-refractivity contribution < 1.29 is 19.4 Å². The second-order valence-corrected chi connectivity index (χ2v) is 5.59. The molecule has 0 radical (unpaired) electrons. The van der Waals surface area contributed by atoms with Crippen LogP contribution in [-0.2, 0) is 16.1 Å². The van der Waals surface area contributed by atoms with Crippen LogP contribution in [0.2, 0.25) is 0 Å². The Morgan fingerprint density at radius 1 is 1.33 bits per heavy atom. The van der Waals surface area contributed by atoms with Crippen LogP contribution in [-0.4, -0.2) is 42.1 Å². The molecule has 2 rings (SSSR count). The highest BCUT2D eigenvalue weighted by atomic mass is 16.5. The van der Waals surface area contributed by atoms with Gasteiger partial charge in [-0.2, -0.15) is 0 Å². The minimum absolute atomic E-state index is 0.349. The number of carboxylic acid groups (broad SMARTS) is 1. The van der Waals surface area contributed by atoms with Crippen molar-refractivity contribution in [3.05, 3.63) is 35.4 Å². The molecule has 1 unspecified atom stereocenters. The molecule has 1 fully saturated rings. The van der Waals surface area contributed by atoms with Gasteiger partial charge in [0.2, 0.25) is 0 Å². The van der Waals surface area contributed by atoms with Crippen molar-refractivity contribution in [2.45, 2.75) is 26.3 Å². The molecule has 0 amide bonds. The Morgan fingerprint density at radius 3 is 2.48 bits per heavy atom. The average Bonchev–Trinajstić information content (AvgIpc) is 2.92. The summed E-state index contributed by atoms with van der Waals surface area (Å²) in [5.74, 6) is -1.05. The molecule has 0 spiro atoms. The average molecular weight is 291 g/mol. The van der Waals surface area contributed by atoms with E-state index >= 15 is 0 Å². The fourth-order valence-electron chi connectivity index (χ4n) is 2.83. The standard InChI is InChI=1S/C16H21NO4/c1-3-16(15(19)20)8-9-17(11-16)10-12-4-6-13(7-5-12)14(18)21-2/h4-7H,3,8-11H2,1-2H3,(H,19,20). The van der Waals surface area contributed by atoms with E-state index in [0.717, 1.165) is 12.1 Å². The Labute approximate surface area is 124 Å². The van der Waals surface area contributed by atoms with Crippen LogP contribution in [0.3, 0.4) is 0 Å². The lowest BCUT2D eigenvalue weighted by Crippen LogP contribution is -2.33. The third-order valence-corrected chi connectivity index (χ3v) is 4.34. The number of esters is 1. The number of carbonyl (C=O) groups excluding carboxylic acids is 1. The maximum absolute atomic E-state index is 11.4. The van der Waals surface area contributed by atoms with Gasteiger partial charge < -0.3 is 9.84 Å². The molecule has 0 aliphatic carbocycles. The predicted molar refractivity (Wildman–Crippen MR) is 78.0 cm³/mol. The number of hydrogen-bond donors (Lipinski definition) is 1. The van der Waals surface area contributed by atoms with E-state index < -0.39 is 11.4 Å². The minimum atomic E-state index is -0.700. The number of rotatable bonds is 5. The van der Waals surface area contributed by atoms with Crippen molar-refractivity contribution in [3.63, 3.8) is 0 Å². The molecule has 0 bridgehead atoms. The molecule has 5 nitrogen and oxygen atoms in total. The summed E-state index contributed by atoms with van der Waals surface area (Å²) in [5.41, 5.74) is 0.988. The van der Waals surface area contributed by atoms with E-state index in [1.165, 1.54) is 7.11 Å². The number of carboxylic acids is 1. The van der Waals surface area contributed by atoms with Gasteiger partial charge in [-0.1, -0.05) is 19.1 Å². The number of benzene rings is 1. The SMILES string of the molecule is CCC1(C(=O)O)CCN(Cc2ccc(C(=O)OC)cc2)C1. The number of nitrogens with zero attached hydrogens (tertiary/aromatic N) is 1. The van der Waals surface area contributed by atoms with Gasteiger partial charge in [-0.05, 0) is 37.1 Å². The van der Waals surface area contributed by atoms with Gasteiger partial charge in [-0.25, -0.2) is 4.79 Å². The van der Waals surface area contributed by atoms with Gasteiger partial charge in [-0.3, -0.25) is 9.69 Å². The van der Waals surface area contributed by atoms with Crippen LogP contribution in [0, 0.1) is 5.41 Å². The van der Waals surface area contributed by atoms with E-state index in [9.17, 15) is 14.7 Å². The zero-order valence-electron chi connectivity index (χ0n) is 12.5. The van der Waals surface area contributed by atoms with Crippen LogP contribution < -0.4 is 0 Å². The molecule has 1 aliphatic rings. The molecule has 21 heavy (non-hydrogen) atoms. The lowest BCUT2D eigenvalue weighted by molar-refractivity contribution is -0.148. The molecule has 1 aliphatic heterocycles. The topological polar surface area (TPSA) is 66.8 Å². The summed E-state index contributed by atoms with van der Waals surface area (Å²) in [6, 6.07) is 7.25. The first-order valence-electron chi connectivity index (χ1n) is 7.14. The van der Waals surface area contributed by atoms with Crippen LogP contribution in [0.5, 0.6) is 0 Å². The van der Waals surface area contributed by atoms with Crippen molar-refractivity contribution in [1.29, 1.82) is 0 Å². The summed E-state index contributed by atoms with van der Waals surface area (Å²) in [7, 11) is 1.36. The van der Waals surface area contributed by atoms with Gasteiger partial charge in [0.15, 0.2) is 0 Å². The smallest absolute Gasteiger partial charge is 0.337 e. The van der Waals surface area contributed by atoms with E-state index in [4.69, 9.17) is 0 Å². The number of ether oxygens (including phenoxy) is 1. The Kier molecular flexibility index (Phi) is 4.63. The highest BCUT2D eigenvalue weighted by Crippen LogP contribution is 2.34. The number of aliphatic carboxylic acids is 1. The maximum Gasteiger partial charge on any atom is 0.337 e. The highest BCUT2D eigenvalue weighted by Gasteiger charge is 2.42. The number of likely N-dealkylation sites (tertiary alicyclic amines) is 1. The van der Waals surface area contributed by atoms with Crippen molar-refractivity contribution in [3.8, 4) is 0 Å². The third-order valence-electron chi connectivity index (χ3n) is 4.34. The summed E-state index contributed by atoms with van der Waals surface area (Å²) in [6.07, 6.45) is 1.35. The summed E-state index contributed by atoms with van der Waals surface area (Å²) in [4.78, 5) is 25.0. The van der Waals surface area contributed by atoms with Crippen molar-refractivity contribution in [1.82, 2.24) is 4.90 Å². The lowest BCUT2D eigenvalue weighted by atomic mass is 9.84. The third kappa shape index (κ3) is 3.24. The molecule has 114 valence electrons.